The lowest BCUT2D eigenvalue weighted by atomic mass is 10.5. The van der Waals surface area contributed by atoms with E-state index in [0.29, 0.717) is 25.5 Å². The molecule has 0 aliphatic heterocycles. The maximum absolute atomic E-state index is 11.6. The van der Waals surface area contributed by atoms with Crippen molar-refractivity contribution >= 4 is 21.6 Å². The first-order valence-corrected chi connectivity index (χ1v) is 7.16. The quantitative estimate of drug-likeness (QED) is 0.616. The molecule has 0 saturated carbocycles. The lowest BCUT2D eigenvalue weighted by Gasteiger charge is -2.17. The van der Waals surface area contributed by atoms with E-state index in [1.165, 1.54) is 4.31 Å². The normalized spacial score (nSPS) is 12.7. The smallest absolute Gasteiger partial charge is 0.213 e. The summed E-state index contributed by atoms with van der Waals surface area (Å²) in [5.74, 6) is 0.476. The minimum atomic E-state index is -3.15. The molecule has 0 aliphatic carbocycles. The van der Waals surface area contributed by atoms with Gasteiger partial charge in [0.05, 0.1) is 18.5 Å². The number of hydrogen-bond acceptors (Lipinski definition) is 3. The molecule has 0 radical (unpaired) electrons. The summed E-state index contributed by atoms with van der Waals surface area (Å²) >= 11 is 5.45. The van der Waals surface area contributed by atoms with Crippen LogP contribution in [0, 0.1) is 0 Å². The van der Waals surface area contributed by atoms with E-state index in [1.807, 2.05) is 13.8 Å². The fraction of sp³-hybridized carbons (Fsp3) is 1.00. The highest BCUT2D eigenvalue weighted by molar-refractivity contribution is 7.89. The van der Waals surface area contributed by atoms with Gasteiger partial charge < -0.3 is 4.74 Å². The molecule has 0 aromatic carbocycles. The lowest BCUT2D eigenvalue weighted by Crippen LogP contribution is -2.32. The molecule has 4 nitrogen and oxygen atoms in total. The molecule has 92 valence electrons. The second kappa shape index (κ2) is 7.44. The third kappa shape index (κ3) is 7.11. The van der Waals surface area contributed by atoms with Crippen molar-refractivity contribution in [1.82, 2.24) is 4.31 Å². The van der Waals surface area contributed by atoms with Crippen molar-refractivity contribution in [1.29, 1.82) is 0 Å². The van der Waals surface area contributed by atoms with Gasteiger partial charge in [-0.15, -0.1) is 11.6 Å². The van der Waals surface area contributed by atoms with Gasteiger partial charge in [-0.25, -0.2) is 12.7 Å². The number of ether oxygens (including phenoxy) is 1. The van der Waals surface area contributed by atoms with Crippen LogP contribution in [0.3, 0.4) is 0 Å². The first-order valence-electron chi connectivity index (χ1n) is 5.01. The molecule has 0 aliphatic rings. The Kier molecular flexibility index (Phi) is 7.52. The van der Waals surface area contributed by atoms with Crippen LogP contribution in [0.5, 0.6) is 0 Å². The summed E-state index contributed by atoms with van der Waals surface area (Å²) in [5, 5.41) is 0. The second-order valence-electron chi connectivity index (χ2n) is 3.60. The van der Waals surface area contributed by atoms with Gasteiger partial charge in [-0.05, 0) is 20.3 Å². The molecular weight excluding hydrogens is 238 g/mol. The van der Waals surface area contributed by atoms with Crippen molar-refractivity contribution in [2.45, 2.75) is 26.4 Å². The van der Waals surface area contributed by atoms with Crippen LogP contribution in [0.4, 0.5) is 0 Å². The Morgan fingerprint density at radius 3 is 2.47 bits per heavy atom. The Labute approximate surface area is 97.6 Å². The van der Waals surface area contributed by atoms with E-state index in [4.69, 9.17) is 16.3 Å². The molecule has 0 bridgehead atoms. The zero-order valence-electron chi connectivity index (χ0n) is 9.57. The zero-order chi connectivity index (χ0) is 11.9. The van der Waals surface area contributed by atoms with Gasteiger partial charge in [0.15, 0.2) is 0 Å². The van der Waals surface area contributed by atoms with E-state index in [9.17, 15) is 8.42 Å². The fourth-order valence-electron chi connectivity index (χ4n) is 0.949. The summed E-state index contributed by atoms with van der Waals surface area (Å²) in [4.78, 5) is 0. The fourth-order valence-corrected chi connectivity index (χ4v) is 2.41. The third-order valence-electron chi connectivity index (χ3n) is 1.87. The molecule has 0 unspecified atom stereocenters. The van der Waals surface area contributed by atoms with Crippen LogP contribution in [0.1, 0.15) is 20.3 Å². The predicted octanol–water partition coefficient (Wildman–Crippen LogP) is 1.30. The summed E-state index contributed by atoms with van der Waals surface area (Å²) < 4.78 is 29.8. The number of halogens is 1. The van der Waals surface area contributed by atoms with Gasteiger partial charge in [0.2, 0.25) is 10.0 Å². The minimum Gasteiger partial charge on any atom is -0.377 e. The molecule has 0 fully saturated rings. The average Bonchev–Trinajstić information content (AvgIpc) is 2.14. The van der Waals surface area contributed by atoms with Crippen LogP contribution in [-0.4, -0.2) is 50.7 Å². The van der Waals surface area contributed by atoms with E-state index >= 15 is 0 Å². The molecule has 0 atom stereocenters. The predicted molar refractivity (Wildman–Crippen MR) is 62.8 cm³/mol. The van der Waals surface area contributed by atoms with Crippen molar-refractivity contribution in [2.24, 2.45) is 0 Å². The van der Waals surface area contributed by atoms with Crippen LogP contribution in [0.2, 0.25) is 0 Å². The van der Waals surface area contributed by atoms with Gasteiger partial charge in [-0.3, -0.25) is 0 Å². The van der Waals surface area contributed by atoms with Gasteiger partial charge in [0.25, 0.3) is 0 Å². The SMILES string of the molecule is CC(C)OCCN(C)S(=O)(=O)CCCCl. The molecule has 0 spiro atoms. The number of alkyl halides is 1. The van der Waals surface area contributed by atoms with Gasteiger partial charge in [-0.1, -0.05) is 0 Å². The van der Waals surface area contributed by atoms with E-state index in [0.717, 1.165) is 0 Å². The average molecular weight is 258 g/mol. The first kappa shape index (κ1) is 15.2. The third-order valence-corrected chi connectivity index (χ3v) is 4.07. The summed E-state index contributed by atoms with van der Waals surface area (Å²) in [6, 6.07) is 0. The Balaban J connectivity index is 3.91. The molecule has 0 amide bonds. The standard InChI is InChI=1S/C9H20ClNO3S/c1-9(2)14-7-6-11(3)15(12,13)8-4-5-10/h9H,4-8H2,1-3H3. The summed E-state index contributed by atoms with van der Waals surface area (Å²) in [6.45, 7) is 4.65. The maximum atomic E-state index is 11.6. The molecule has 15 heavy (non-hydrogen) atoms. The number of nitrogens with zero attached hydrogens (tertiary/aromatic N) is 1. The van der Waals surface area contributed by atoms with Crippen LogP contribution in [-0.2, 0) is 14.8 Å². The van der Waals surface area contributed by atoms with Crippen molar-refractivity contribution in [2.75, 3.05) is 31.8 Å². The van der Waals surface area contributed by atoms with Crippen LogP contribution < -0.4 is 0 Å². The zero-order valence-corrected chi connectivity index (χ0v) is 11.1. The van der Waals surface area contributed by atoms with Gasteiger partial charge in [-0.2, -0.15) is 0 Å². The minimum absolute atomic E-state index is 0.106. The molecule has 0 heterocycles. The van der Waals surface area contributed by atoms with Gasteiger partial charge in [0.1, 0.15) is 0 Å². The topological polar surface area (TPSA) is 46.6 Å². The molecule has 0 N–H and O–H groups in total. The first-order chi connectivity index (χ1) is 6.90. The van der Waals surface area contributed by atoms with E-state index < -0.39 is 10.0 Å². The van der Waals surface area contributed by atoms with Crippen molar-refractivity contribution in [3.8, 4) is 0 Å². The van der Waals surface area contributed by atoms with Crippen molar-refractivity contribution in [3.63, 3.8) is 0 Å². The monoisotopic (exact) mass is 257 g/mol. The van der Waals surface area contributed by atoms with Gasteiger partial charge in [0, 0.05) is 19.5 Å². The highest BCUT2D eigenvalue weighted by atomic mass is 35.5. The van der Waals surface area contributed by atoms with E-state index in [-0.39, 0.29) is 11.9 Å². The van der Waals surface area contributed by atoms with E-state index in [1.54, 1.807) is 7.05 Å². The van der Waals surface area contributed by atoms with Crippen molar-refractivity contribution < 1.29 is 13.2 Å². The summed E-state index contributed by atoms with van der Waals surface area (Å²) in [6.07, 6.45) is 0.614. The molecule has 6 heteroatoms. The molecule has 0 rings (SSSR count). The Morgan fingerprint density at radius 1 is 1.40 bits per heavy atom. The highest BCUT2D eigenvalue weighted by Crippen LogP contribution is 2.01. The van der Waals surface area contributed by atoms with Crippen LogP contribution in [0.15, 0.2) is 0 Å². The number of hydrogen-bond donors (Lipinski definition) is 0. The molecule has 0 aromatic rings. The Morgan fingerprint density at radius 2 is 2.00 bits per heavy atom. The Hall–Kier alpha value is 0.160. The number of likely N-dealkylation sites (N-methyl/N-ethyl adjacent to an activating group) is 1. The second-order valence-corrected chi connectivity index (χ2v) is 6.17. The molecular formula is C9H20ClNO3S. The van der Waals surface area contributed by atoms with Crippen molar-refractivity contribution in [3.05, 3.63) is 0 Å². The number of rotatable bonds is 8. The summed E-state index contributed by atoms with van der Waals surface area (Å²) in [5.41, 5.74) is 0. The van der Waals surface area contributed by atoms with Crippen LogP contribution >= 0.6 is 11.6 Å². The lowest BCUT2D eigenvalue weighted by molar-refractivity contribution is 0.0737. The largest absolute Gasteiger partial charge is 0.377 e. The van der Waals surface area contributed by atoms with Crippen LogP contribution in [0.25, 0.3) is 0 Å². The van der Waals surface area contributed by atoms with E-state index in [2.05, 4.69) is 0 Å². The maximum Gasteiger partial charge on any atom is 0.213 e. The molecule has 0 saturated heterocycles. The summed E-state index contributed by atoms with van der Waals surface area (Å²) in [7, 11) is -1.59. The highest BCUT2D eigenvalue weighted by Gasteiger charge is 2.16. The van der Waals surface area contributed by atoms with Gasteiger partial charge >= 0.3 is 0 Å². The molecule has 0 aromatic heterocycles. The number of sulfonamides is 1. The Bertz CT molecular complexity index is 254.